The van der Waals surface area contributed by atoms with Crippen molar-refractivity contribution in [3.05, 3.63) is 34.1 Å². The Kier molecular flexibility index (Phi) is 3.45. The van der Waals surface area contributed by atoms with Gasteiger partial charge in [-0.3, -0.25) is 10.1 Å². The number of sulfonamides is 1. The molecule has 0 spiro atoms. The van der Waals surface area contributed by atoms with E-state index in [0.717, 1.165) is 18.6 Å². The minimum absolute atomic E-state index is 0.387. The van der Waals surface area contributed by atoms with Crippen LogP contribution in [-0.4, -0.2) is 18.9 Å². The number of nitrogens with one attached hydrogen (secondary N) is 1. The van der Waals surface area contributed by atoms with Gasteiger partial charge in [0, 0.05) is 12.1 Å². The van der Waals surface area contributed by atoms with Gasteiger partial charge in [-0.15, -0.1) is 0 Å². The number of nitrogens with zero attached hydrogens (tertiary/aromatic N) is 2. The van der Waals surface area contributed by atoms with E-state index < -0.39 is 36.9 Å². The van der Waals surface area contributed by atoms with E-state index in [1.54, 1.807) is 0 Å². The molecule has 0 heterocycles. The first-order valence-corrected chi connectivity index (χ1v) is 7.17. The van der Waals surface area contributed by atoms with Gasteiger partial charge in [-0.1, -0.05) is 0 Å². The van der Waals surface area contributed by atoms with Crippen LogP contribution in [0.1, 0.15) is 19.3 Å². The minimum Gasteiger partial charge on any atom is -0.258 e. The average Bonchev–Trinajstić information content (AvgIpc) is 2.33. The maximum absolute atomic E-state index is 13.4. The molecule has 1 aliphatic carbocycles. The fraction of sp³-hybridized carbons (Fsp3) is 0.364. The lowest BCUT2D eigenvalue weighted by molar-refractivity contribution is -0.387. The highest BCUT2D eigenvalue weighted by Gasteiger charge is 2.41. The monoisotopic (exact) mass is 299 g/mol. The molecule has 0 unspecified atom stereocenters. The average molecular weight is 299 g/mol. The molecule has 7 nitrogen and oxygen atoms in total. The normalized spacial score (nSPS) is 17.0. The van der Waals surface area contributed by atoms with Crippen molar-refractivity contribution < 1.29 is 17.7 Å². The first-order valence-electron chi connectivity index (χ1n) is 5.69. The number of halogens is 1. The number of nitro groups is 1. The summed E-state index contributed by atoms with van der Waals surface area (Å²) in [6, 6.07) is 4.19. The summed E-state index contributed by atoms with van der Waals surface area (Å²) in [7, 11) is -4.09. The summed E-state index contributed by atoms with van der Waals surface area (Å²) in [5.74, 6) is -1.24. The summed E-state index contributed by atoms with van der Waals surface area (Å²) in [5, 5.41) is 19.4. The highest BCUT2D eigenvalue weighted by molar-refractivity contribution is 7.89. The first-order chi connectivity index (χ1) is 9.30. The molecule has 1 fully saturated rings. The fourth-order valence-electron chi connectivity index (χ4n) is 1.89. The van der Waals surface area contributed by atoms with Crippen molar-refractivity contribution in [1.29, 1.82) is 5.26 Å². The van der Waals surface area contributed by atoms with Crippen molar-refractivity contribution in [2.45, 2.75) is 29.7 Å². The Morgan fingerprint density at radius 1 is 1.45 bits per heavy atom. The topological polar surface area (TPSA) is 113 Å². The largest absolute Gasteiger partial charge is 0.304 e. The molecular weight excluding hydrogens is 289 g/mol. The molecule has 1 saturated carbocycles. The van der Waals surface area contributed by atoms with E-state index in [4.69, 9.17) is 5.26 Å². The summed E-state index contributed by atoms with van der Waals surface area (Å²) >= 11 is 0. The van der Waals surface area contributed by atoms with Crippen LogP contribution in [0.25, 0.3) is 0 Å². The van der Waals surface area contributed by atoms with Crippen molar-refractivity contribution in [2.75, 3.05) is 0 Å². The van der Waals surface area contributed by atoms with Crippen molar-refractivity contribution in [1.82, 2.24) is 4.72 Å². The number of nitro benzene ring substituents is 1. The predicted molar refractivity (Wildman–Crippen MR) is 65.6 cm³/mol. The molecule has 0 bridgehead atoms. The van der Waals surface area contributed by atoms with Gasteiger partial charge >= 0.3 is 5.69 Å². The lowest BCUT2D eigenvalue weighted by Gasteiger charge is -2.35. The Bertz CT molecular complexity index is 707. The zero-order valence-corrected chi connectivity index (χ0v) is 11.0. The van der Waals surface area contributed by atoms with Crippen LogP contribution in [0.4, 0.5) is 10.1 Å². The Balaban J connectivity index is 2.33. The molecule has 0 saturated heterocycles. The Labute approximate surface area is 114 Å². The SMILES string of the molecule is N#CC1(NS(=O)(=O)c2ccc([N+](=O)[O-])c(F)c2)CCC1. The van der Waals surface area contributed by atoms with Gasteiger partial charge in [0.05, 0.1) is 15.9 Å². The highest BCUT2D eigenvalue weighted by atomic mass is 32.2. The quantitative estimate of drug-likeness (QED) is 0.668. The fourth-order valence-corrected chi connectivity index (χ4v) is 3.27. The zero-order valence-electron chi connectivity index (χ0n) is 10.2. The third-order valence-electron chi connectivity index (χ3n) is 3.18. The van der Waals surface area contributed by atoms with Crippen molar-refractivity contribution in [3.8, 4) is 6.07 Å². The molecule has 0 amide bonds. The summed E-state index contributed by atoms with van der Waals surface area (Å²) < 4.78 is 39.7. The molecule has 0 atom stereocenters. The van der Waals surface area contributed by atoms with Gasteiger partial charge in [-0.05, 0) is 25.3 Å². The molecule has 2 rings (SSSR count). The van der Waals surface area contributed by atoms with Crippen molar-refractivity contribution in [3.63, 3.8) is 0 Å². The van der Waals surface area contributed by atoms with E-state index in [0.29, 0.717) is 18.9 Å². The molecule has 0 aromatic heterocycles. The maximum atomic E-state index is 13.4. The second kappa shape index (κ2) is 4.81. The van der Waals surface area contributed by atoms with Crippen LogP contribution in [0.3, 0.4) is 0 Å². The van der Waals surface area contributed by atoms with Crippen molar-refractivity contribution in [2.24, 2.45) is 0 Å². The number of nitriles is 1. The van der Waals surface area contributed by atoms with Crippen LogP contribution >= 0.6 is 0 Å². The molecule has 20 heavy (non-hydrogen) atoms. The summed E-state index contributed by atoms with van der Waals surface area (Å²) in [6.45, 7) is 0. The number of hydrogen-bond donors (Lipinski definition) is 1. The molecule has 1 aromatic rings. The van der Waals surface area contributed by atoms with Gasteiger partial charge in [-0.25, -0.2) is 8.42 Å². The third kappa shape index (κ3) is 2.48. The van der Waals surface area contributed by atoms with Gasteiger partial charge in [-0.2, -0.15) is 14.4 Å². The van der Waals surface area contributed by atoms with Crippen LogP contribution in [0, 0.1) is 27.3 Å². The number of rotatable bonds is 4. The van der Waals surface area contributed by atoms with Gasteiger partial charge in [0.2, 0.25) is 15.8 Å². The maximum Gasteiger partial charge on any atom is 0.304 e. The Morgan fingerprint density at radius 2 is 2.10 bits per heavy atom. The van der Waals surface area contributed by atoms with Crippen LogP contribution in [0.5, 0.6) is 0 Å². The molecule has 106 valence electrons. The van der Waals surface area contributed by atoms with E-state index in [1.165, 1.54) is 0 Å². The predicted octanol–water partition coefficient (Wildman–Crippen LogP) is 1.46. The summed E-state index contributed by atoms with van der Waals surface area (Å²) in [6.07, 6.45) is 1.50. The van der Waals surface area contributed by atoms with Gasteiger partial charge in [0.25, 0.3) is 0 Å². The molecule has 1 N–H and O–H groups in total. The number of benzene rings is 1. The van der Waals surface area contributed by atoms with Crippen LogP contribution in [-0.2, 0) is 10.0 Å². The first kappa shape index (κ1) is 14.4. The van der Waals surface area contributed by atoms with Gasteiger partial charge < -0.3 is 0 Å². The molecule has 1 aromatic carbocycles. The molecule has 9 heteroatoms. The molecular formula is C11H10FN3O4S. The summed E-state index contributed by atoms with van der Waals surface area (Å²) in [5.41, 5.74) is -1.96. The Morgan fingerprint density at radius 3 is 2.50 bits per heavy atom. The smallest absolute Gasteiger partial charge is 0.258 e. The van der Waals surface area contributed by atoms with Crippen LogP contribution in [0.2, 0.25) is 0 Å². The minimum atomic E-state index is -4.09. The second-order valence-electron chi connectivity index (χ2n) is 4.52. The number of hydrogen-bond acceptors (Lipinski definition) is 5. The van der Waals surface area contributed by atoms with E-state index in [9.17, 15) is 22.9 Å². The third-order valence-corrected chi connectivity index (χ3v) is 4.71. The van der Waals surface area contributed by atoms with E-state index in [2.05, 4.69) is 4.72 Å². The van der Waals surface area contributed by atoms with E-state index in [1.807, 2.05) is 6.07 Å². The van der Waals surface area contributed by atoms with E-state index >= 15 is 0 Å². The summed E-state index contributed by atoms with van der Waals surface area (Å²) in [4.78, 5) is 9.09. The standard InChI is InChI=1S/C11H10FN3O4S/c12-9-6-8(2-3-10(9)15(16)17)20(18,19)14-11(7-13)4-1-5-11/h2-3,6,14H,1,4-5H2. The van der Waals surface area contributed by atoms with Gasteiger partial charge in [0.1, 0.15) is 5.54 Å². The zero-order chi connectivity index (χ0) is 15.0. The molecule has 0 aliphatic heterocycles. The van der Waals surface area contributed by atoms with E-state index in [-0.39, 0.29) is 0 Å². The second-order valence-corrected chi connectivity index (χ2v) is 6.21. The Hall–Kier alpha value is -2.05. The van der Waals surface area contributed by atoms with Crippen molar-refractivity contribution >= 4 is 15.7 Å². The van der Waals surface area contributed by atoms with Crippen LogP contribution in [0.15, 0.2) is 23.1 Å². The van der Waals surface area contributed by atoms with Gasteiger partial charge in [0.15, 0.2) is 0 Å². The lowest BCUT2D eigenvalue weighted by Crippen LogP contribution is -2.52. The highest BCUT2D eigenvalue weighted by Crippen LogP contribution is 2.33. The lowest BCUT2D eigenvalue weighted by atomic mass is 9.79. The van der Waals surface area contributed by atoms with Crippen LogP contribution < -0.4 is 4.72 Å². The molecule has 1 aliphatic rings. The molecule has 0 radical (unpaired) electrons.